The first kappa shape index (κ1) is 23.5. The highest BCUT2D eigenvalue weighted by Gasteiger charge is 2.50. The lowest BCUT2D eigenvalue weighted by Gasteiger charge is -2.40. The van der Waals surface area contributed by atoms with Gasteiger partial charge in [-0.1, -0.05) is 11.6 Å². The fourth-order valence-electron chi connectivity index (χ4n) is 4.07. The standard InChI is InChI=1S/C24H20ClFN4O4S/c1-33-20-8-16(17(25)9-18(20)26)21-10-19-22(35-21)23(31)30(24(32)29(19)6-2-5-27)13-7-15(12-28-11-13)34-14-3-4-14/h7-12,14,19,22H,2-4,6H2,1H3. The van der Waals surface area contributed by atoms with Crippen molar-refractivity contribution < 1.29 is 23.5 Å². The molecule has 2 atom stereocenters. The van der Waals surface area contributed by atoms with Crippen molar-refractivity contribution >= 4 is 45.9 Å². The number of thioether (sulfide) groups is 1. The summed E-state index contributed by atoms with van der Waals surface area (Å²) in [6, 6.07) is 5.17. The van der Waals surface area contributed by atoms with Crippen LogP contribution in [-0.4, -0.2) is 52.9 Å². The number of halogens is 2. The van der Waals surface area contributed by atoms with Gasteiger partial charge in [-0.15, -0.1) is 11.8 Å². The Balaban J connectivity index is 1.50. The average Bonchev–Trinajstić information content (AvgIpc) is 3.54. The van der Waals surface area contributed by atoms with Gasteiger partial charge in [0, 0.05) is 23.1 Å². The van der Waals surface area contributed by atoms with Gasteiger partial charge in [0.1, 0.15) is 11.0 Å². The Morgan fingerprint density at radius 2 is 2.09 bits per heavy atom. The van der Waals surface area contributed by atoms with Crippen LogP contribution in [0.2, 0.25) is 5.02 Å². The topological polar surface area (TPSA) is 95.8 Å². The molecule has 0 bridgehead atoms. The number of hydrogen-bond donors (Lipinski definition) is 0. The summed E-state index contributed by atoms with van der Waals surface area (Å²) in [5.74, 6) is -0.514. The number of urea groups is 1. The van der Waals surface area contributed by atoms with E-state index in [4.69, 9.17) is 26.3 Å². The van der Waals surface area contributed by atoms with E-state index < -0.39 is 29.0 Å². The van der Waals surface area contributed by atoms with Gasteiger partial charge in [0.2, 0.25) is 0 Å². The number of nitrogens with zero attached hydrogens (tertiary/aromatic N) is 4. The van der Waals surface area contributed by atoms with Crippen LogP contribution < -0.4 is 14.4 Å². The number of carbonyl (C=O) groups excluding carboxylic acids is 2. The molecule has 0 radical (unpaired) electrons. The molecule has 5 rings (SSSR count). The molecule has 2 aliphatic heterocycles. The molecule has 35 heavy (non-hydrogen) atoms. The van der Waals surface area contributed by atoms with E-state index in [0.717, 1.165) is 23.8 Å². The number of anilines is 1. The van der Waals surface area contributed by atoms with Crippen LogP contribution in [0.15, 0.2) is 36.7 Å². The van der Waals surface area contributed by atoms with Crippen LogP contribution in [0, 0.1) is 17.1 Å². The number of benzene rings is 1. The summed E-state index contributed by atoms with van der Waals surface area (Å²) in [6.45, 7) is 0.136. The molecule has 3 amide bonds. The minimum atomic E-state index is -0.679. The molecule has 2 unspecified atom stereocenters. The van der Waals surface area contributed by atoms with E-state index in [2.05, 4.69) is 11.1 Å². The fourth-order valence-corrected chi connectivity index (χ4v) is 5.74. The van der Waals surface area contributed by atoms with E-state index in [1.54, 1.807) is 18.3 Å². The molecule has 3 aliphatic rings. The quantitative estimate of drug-likeness (QED) is 0.531. The summed E-state index contributed by atoms with van der Waals surface area (Å²) in [5.41, 5.74) is 0.798. The van der Waals surface area contributed by atoms with Crippen molar-refractivity contribution in [2.45, 2.75) is 36.7 Å². The normalized spacial score (nSPS) is 21.5. The molecule has 11 heteroatoms. The number of amides is 3. The molecule has 1 saturated heterocycles. The Morgan fingerprint density at radius 1 is 1.29 bits per heavy atom. The van der Waals surface area contributed by atoms with Crippen molar-refractivity contribution in [2.75, 3.05) is 18.6 Å². The maximum absolute atomic E-state index is 14.1. The summed E-state index contributed by atoms with van der Waals surface area (Å²) < 4.78 is 25.0. The summed E-state index contributed by atoms with van der Waals surface area (Å²) in [5, 5.41) is 8.63. The van der Waals surface area contributed by atoms with Crippen LogP contribution in [-0.2, 0) is 4.79 Å². The van der Waals surface area contributed by atoms with Gasteiger partial charge in [-0.3, -0.25) is 9.78 Å². The molecule has 1 aromatic heterocycles. The van der Waals surface area contributed by atoms with Gasteiger partial charge in [0.05, 0.1) is 54.8 Å². The third-order valence-electron chi connectivity index (χ3n) is 5.90. The van der Waals surface area contributed by atoms with E-state index in [-0.39, 0.29) is 29.8 Å². The molecule has 1 aromatic carbocycles. The van der Waals surface area contributed by atoms with Gasteiger partial charge in [0.15, 0.2) is 11.6 Å². The van der Waals surface area contributed by atoms with Crippen molar-refractivity contribution in [1.29, 1.82) is 5.26 Å². The van der Waals surface area contributed by atoms with Crippen LogP contribution in [0.1, 0.15) is 24.8 Å². The number of methoxy groups -OCH3 is 1. The van der Waals surface area contributed by atoms with Crippen molar-refractivity contribution in [3.63, 3.8) is 0 Å². The number of aromatic nitrogens is 1. The predicted octanol–water partition coefficient (Wildman–Crippen LogP) is 4.63. The first-order valence-electron chi connectivity index (χ1n) is 11.0. The Labute approximate surface area is 210 Å². The molecule has 180 valence electrons. The summed E-state index contributed by atoms with van der Waals surface area (Å²) >= 11 is 7.56. The first-order valence-corrected chi connectivity index (χ1v) is 12.2. The molecule has 1 saturated carbocycles. The molecule has 2 fully saturated rings. The molecular formula is C24H20ClFN4O4S. The minimum absolute atomic E-state index is 0.0182. The maximum atomic E-state index is 14.1. The third kappa shape index (κ3) is 4.42. The summed E-state index contributed by atoms with van der Waals surface area (Å²) in [7, 11) is 1.35. The summed E-state index contributed by atoms with van der Waals surface area (Å²) in [4.78, 5) is 34.5. The van der Waals surface area contributed by atoms with Crippen LogP contribution in [0.4, 0.5) is 14.9 Å². The second kappa shape index (κ2) is 9.40. The van der Waals surface area contributed by atoms with Gasteiger partial charge in [-0.2, -0.15) is 5.26 Å². The van der Waals surface area contributed by atoms with Crippen LogP contribution in [0.3, 0.4) is 0 Å². The zero-order valence-corrected chi connectivity index (χ0v) is 20.2. The number of fused-ring (bicyclic) bond motifs is 1. The first-order chi connectivity index (χ1) is 16.9. The molecule has 2 aromatic rings. The zero-order chi connectivity index (χ0) is 24.7. The van der Waals surface area contributed by atoms with Crippen molar-refractivity contribution in [3.05, 3.63) is 53.1 Å². The fraction of sp³-hybridized carbons (Fsp3) is 0.333. The van der Waals surface area contributed by atoms with E-state index >= 15 is 0 Å². The van der Waals surface area contributed by atoms with Crippen LogP contribution >= 0.6 is 23.4 Å². The minimum Gasteiger partial charge on any atom is -0.494 e. The van der Waals surface area contributed by atoms with E-state index in [1.165, 1.54) is 36.0 Å². The number of nitriles is 1. The molecule has 0 spiro atoms. The molecule has 3 heterocycles. The van der Waals surface area contributed by atoms with Gasteiger partial charge >= 0.3 is 6.03 Å². The van der Waals surface area contributed by atoms with Crippen molar-refractivity contribution in [3.8, 4) is 17.6 Å². The average molecular weight is 515 g/mol. The second-order valence-electron chi connectivity index (χ2n) is 8.28. The molecular weight excluding hydrogens is 495 g/mol. The highest BCUT2D eigenvalue weighted by molar-refractivity contribution is 8.09. The van der Waals surface area contributed by atoms with Crippen LogP contribution in [0.25, 0.3) is 4.91 Å². The van der Waals surface area contributed by atoms with E-state index in [0.29, 0.717) is 21.9 Å². The number of pyridine rings is 1. The monoisotopic (exact) mass is 514 g/mol. The largest absolute Gasteiger partial charge is 0.494 e. The Bertz CT molecular complexity index is 1280. The third-order valence-corrected chi connectivity index (χ3v) is 7.56. The van der Waals surface area contributed by atoms with Gasteiger partial charge in [-0.05, 0) is 31.1 Å². The summed E-state index contributed by atoms with van der Waals surface area (Å²) in [6.07, 6.45) is 6.89. The van der Waals surface area contributed by atoms with Gasteiger partial charge in [-0.25, -0.2) is 14.1 Å². The lowest BCUT2D eigenvalue weighted by molar-refractivity contribution is -0.119. The van der Waals surface area contributed by atoms with Crippen LogP contribution in [0.5, 0.6) is 11.5 Å². The number of rotatable bonds is 7. The maximum Gasteiger partial charge on any atom is 0.332 e. The second-order valence-corrected chi connectivity index (χ2v) is 9.87. The Kier molecular flexibility index (Phi) is 6.30. The Hall–Kier alpha value is -3.29. The highest BCUT2D eigenvalue weighted by Crippen LogP contribution is 2.47. The van der Waals surface area contributed by atoms with Gasteiger partial charge < -0.3 is 14.4 Å². The molecule has 1 aliphatic carbocycles. The number of imide groups is 1. The molecule has 8 nitrogen and oxygen atoms in total. The van der Waals surface area contributed by atoms with Gasteiger partial charge in [0.25, 0.3) is 5.91 Å². The Morgan fingerprint density at radius 3 is 2.80 bits per heavy atom. The highest BCUT2D eigenvalue weighted by atomic mass is 35.5. The predicted molar refractivity (Wildman–Crippen MR) is 129 cm³/mol. The number of ether oxygens (including phenoxy) is 2. The zero-order valence-electron chi connectivity index (χ0n) is 18.6. The van der Waals surface area contributed by atoms with Crippen molar-refractivity contribution in [1.82, 2.24) is 9.88 Å². The number of carbonyl (C=O) groups is 2. The lowest BCUT2D eigenvalue weighted by Crippen LogP contribution is -2.62. The smallest absolute Gasteiger partial charge is 0.332 e. The molecule has 0 N–H and O–H groups in total. The van der Waals surface area contributed by atoms with Crippen molar-refractivity contribution in [2.24, 2.45) is 0 Å². The van der Waals surface area contributed by atoms with E-state index in [9.17, 15) is 14.0 Å². The SMILES string of the molecule is COc1cc(C2=CC3C(S2)C(=O)N(c2cncc(OC4CC4)c2)C(=O)N3CCC#N)c(Cl)cc1F. The lowest BCUT2D eigenvalue weighted by atomic mass is 10.0. The number of hydrogen-bond acceptors (Lipinski definition) is 7. The van der Waals surface area contributed by atoms with E-state index in [1.807, 2.05) is 0 Å².